The first-order chi connectivity index (χ1) is 12.7. The summed E-state index contributed by atoms with van der Waals surface area (Å²) in [5.74, 6) is 1.52. The van der Waals surface area contributed by atoms with E-state index in [0.717, 1.165) is 36.4 Å². The third-order valence-corrected chi connectivity index (χ3v) is 4.58. The van der Waals surface area contributed by atoms with E-state index < -0.39 is 0 Å². The Balaban J connectivity index is 1.75. The molecule has 26 heavy (non-hydrogen) atoms. The molecule has 0 radical (unpaired) electrons. The van der Waals surface area contributed by atoms with E-state index in [1.807, 2.05) is 36.1 Å². The Morgan fingerprint density at radius 1 is 1.31 bits per heavy atom. The molecule has 1 fully saturated rings. The van der Waals surface area contributed by atoms with Crippen molar-refractivity contribution in [2.24, 2.45) is 0 Å². The predicted octanol–water partition coefficient (Wildman–Crippen LogP) is 3.32. The van der Waals surface area contributed by atoms with Crippen LogP contribution in [0.2, 0.25) is 0 Å². The molecular weight excluding hydrogens is 330 g/mol. The van der Waals surface area contributed by atoms with Crippen LogP contribution >= 0.6 is 0 Å². The number of ether oxygens (including phenoxy) is 2. The lowest BCUT2D eigenvalue weighted by Crippen LogP contribution is -2.39. The first-order valence-corrected chi connectivity index (χ1v) is 8.99. The van der Waals surface area contributed by atoms with Gasteiger partial charge in [0.1, 0.15) is 11.4 Å². The van der Waals surface area contributed by atoms with Gasteiger partial charge in [-0.3, -0.25) is 9.78 Å². The van der Waals surface area contributed by atoms with Crippen molar-refractivity contribution in [1.82, 2.24) is 14.9 Å². The molecule has 0 N–H and O–H groups in total. The molecule has 2 aromatic rings. The molecule has 0 spiro atoms. The maximum Gasteiger partial charge on any atom is 0.241 e. The molecule has 0 aliphatic carbocycles. The molecule has 1 aliphatic heterocycles. The summed E-state index contributed by atoms with van der Waals surface area (Å²) < 4.78 is 11.0. The van der Waals surface area contributed by atoms with E-state index >= 15 is 0 Å². The molecule has 0 bridgehead atoms. The van der Waals surface area contributed by atoms with Crippen LogP contribution in [0.15, 0.2) is 36.7 Å². The van der Waals surface area contributed by atoms with Crippen LogP contribution in [-0.2, 0) is 9.53 Å². The summed E-state index contributed by atoms with van der Waals surface area (Å²) in [6.07, 6.45) is 5.65. The lowest BCUT2D eigenvalue weighted by Gasteiger charge is -2.32. The highest BCUT2D eigenvalue weighted by Gasteiger charge is 2.28. The third kappa shape index (κ3) is 4.58. The predicted molar refractivity (Wildman–Crippen MR) is 98.3 cm³/mol. The number of hydrogen-bond acceptors (Lipinski definition) is 5. The number of aryl methyl sites for hydroxylation is 1. The van der Waals surface area contributed by atoms with Crippen LogP contribution in [0.1, 0.15) is 36.4 Å². The van der Waals surface area contributed by atoms with Crippen LogP contribution in [0.4, 0.5) is 0 Å². The normalized spacial score (nSPS) is 17.2. The molecule has 138 valence electrons. The summed E-state index contributed by atoms with van der Waals surface area (Å²) in [5.41, 5.74) is 1.94. The fourth-order valence-corrected chi connectivity index (χ4v) is 3.26. The van der Waals surface area contributed by atoms with Crippen molar-refractivity contribution in [2.75, 3.05) is 26.8 Å². The largest absolute Gasteiger partial charge is 0.437 e. The van der Waals surface area contributed by atoms with Crippen molar-refractivity contribution in [3.63, 3.8) is 0 Å². The molecule has 1 aliphatic rings. The van der Waals surface area contributed by atoms with Crippen molar-refractivity contribution in [3.8, 4) is 11.6 Å². The van der Waals surface area contributed by atoms with Gasteiger partial charge in [-0.1, -0.05) is 12.1 Å². The molecular formula is C20H25N3O3. The number of benzene rings is 1. The first kappa shape index (κ1) is 18.3. The smallest absolute Gasteiger partial charge is 0.241 e. The molecule has 1 amide bonds. The number of carbonyl (C=O) groups excluding carboxylic acids is 1. The number of piperidine rings is 1. The van der Waals surface area contributed by atoms with E-state index in [-0.39, 0.29) is 11.8 Å². The highest BCUT2D eigenvalue weighted by Crippen LogP contribution is 2.32. The van der Waals surface area contributed by atoms with Gasteiger partial charge >= 0.3 is 0 Å². The molecule has 1 unspecified atom stereocenters. The molecule has 3 rings (SSSR count). The van der Waals surface area contributed by atoms with E-state index in [9.17, 15) is 4.79 Å². The van der Waals surface area contributed by atoms with Gasteiger partial charge in [0.05, 0.1) is 13.0 Å². The number of nitrogens with zero attached hydrogens (tertiary/aromatic N) is 3. The Bertz CT molecular complexity index is 751. The molecule has 6 heteroatoms. The summed E-state index contributed by atoms with van der Waals surface area (Å²) in [6, 6.07) is 7.86. The van der Waals surface area contributed by atoms with E-state index in [1.54, 1.807) is 19.5 Å². The van der Waals surface area contributed by atoms with Crippen LogP contribution in [-0.4, -0.2) is 47.6 Å². The van der Waals surface area contributed by atoms with E-state index in [2.05, 4.69) is 9.97 Å². The summed E-state index contributed by atoms with van der Waals surface area (Å²) in [6.45, 7) is 3.90. The van der Waals surface area contributed by atoms with Crippen LogP contribution in [0, 0.1) is 6.92 Å². The fourth-order valence-electron chi connectivity index (χ4n) is 3.26. The standard InChI is InChI=1S/C20H25N3O3/c1-15-5-3-7-17(13-15)26-20-19(21-9-10-22-20)16-6-4-11-23(14-16)18(24)8-12-25-2/h3,5,7,9-10,13,16H,4,6,8,11-12,14H2,1-2H3. The Morgan fingerprint density at radius 3 is 2.96 bits per heavy atom. The van der Waals surface area contributed by atoms with Crippen molar-refractivity contribution >= 4 is 5.91 Å². The number of methoxy groups -OCH3 is 1. The fraction of sp³-hybridized carbons (Fsp3) is 0.450. The zero-order valence-electron chi connectivity index (χ0n) is 15.4. The van der Waals surface area contributed by atoms with Crippen molar-refractivity contribution < 1.29 is 14.3 Å². The van der Waals surface area contributed by atoms with Crippen LogP contribution in [0.3, 0.4) is 0 Å². The van der Waals surface area contributed by atoms with Crippen molar-refractivity contribution in [1.29, 1.82) is 0 Å². The molecule has 6 nitrogen and oxygen atoms in total. The van der Waals surface area contributed by atoms with Gasteiger partial charge in [0.25, 0.3) is 0 Å². The highest BCUT2D eigenvalue weighted by atomic mass is 16.5. The lowest BCUT2D eigenvalue weighted by atomic mass is 9.94. The number of aromatic nitrogens is 2. The lowest BCUT2D eigenvalue weighted by molar-refractivity contribution is -0.133. The number of likely N-dealkylation sites (tertiary alicyclic amines) is 1. The Hall–Kier alpha value is -2.47. The van der Waals surface area contributed by atoms with Crippen LogP contribution in [0.25, 0.3) is 0 Å². The van der Waals surface area contributed by atoms with Gasteiger partial charge in [0, 0.05) is 38.5 Å². The SMILES string of the molecule is COCCC(=O)N1CCCC(c2nccnc2Oc2cccc(C)c2)C1. The van der Waals surface area contributed by atoms with Gasteiger partial charge in [-0.05, 0) is 37.5 Å². The third-order valence-electron chi connectivity index (χ3n) is 4.58. The first-order valence-electron chi connectivity index (χ1n) is 8.99. The number of amides is 1. The molecule has 1 saturated heterocycles. The van der Waals surface area contributed by atoms with Gasteiger partial charge in [-0.25, -0.2) is 4.98 Å². The minimum atomic E-state index is 0.126. The summed E-state index contributed by atoms with van der Waals surface area (Å²) in [7, 11) is 1.61. The minimum absolute atomic E-state index is 0.126. The van der Waals surface area contributed by atoms with Crippen molar-refractivity contribution in [3.05, 3.63) is 47.9 Å². The Labute approximate surface area is 154 Å². The molecule has 1 aromatic heterocycles. The second-order valence-corrected chi connectivity index (χ2v) is 6.59. The second-order valence-electron chi connectivity index (χ2n) is 6.59. The van der Waals surface area contributed by atoms with Crippen LogP contribution < -0.4 is 4.74 Å². The summed E-state index contributed by atoms with van der Waals surface area (Å²) in [5, 5.41) is 0. The van der Waals surface area contributed by atoms with Gasteiger partial charge in [0.15, 0.2) is 0 Å². The van der Waals surface area contributed by atoms with E-state index in [1.165, 1.54) is 0 Å². The zero-order chi connectivity index (χ0) is 18.4. The minimum Gasteiger partial charge on any atom is -0.437 e. The monoisotopic (exact) mass is 355 g/mol. The topological polar surface area (TPSA) is 64.5 Å². The average Bonchev–Trinajstić information content (AvgIpc) is 2.66. The second kappa shape index (κ2) is 8.76. The quantitative estimate of drug-likeness (QED) is 0.795. The molecule has 2 heterocycles. The summed E-state index contributed by atoms with van der Waals surface area (Å²) in [4.78, 5) is 23.1. The number of rotatable bonds is 6. The summed E-state index contributed by atoms with van der Waals surface area (Å²) >= 11 is 0. The van der Waals surface area contributed by atoms with E-state index in [0.29, 0.717) is 25.5 Å². The average molecular weight is 355 g/mol. The van der Waals surface area contributed by atoms with Crippen molar-refractivity contribution in [2.45, 2.75) is 32.1 Å². The maximum atomic E-state index is 12.3. The zero-order valence-corrected chi connectivity index (χ0v) is 15.4. The molecule has 1 aromatic carbocycles. The van der Waals surface area contributed by atoms with Gasteiger partial charge in [0.2, 0.25) is 11.8 Å². The molecule has 1 atom stereocenters. The van der Waals surface area contributed by atoms with Gasteiger partial charge in [-0.15, -0.1) is 0 Å². The van der Waals surface area contributed by atoms with Gasteiger partial charge in [-0.2, -0.15) is 0 Å². The number of hydrogen-bond donors (Lipinski definition) is 0. The van der Waals surface area contributed by atoms with Gasteiger partial charge < -0.3 is 14.4 Å². The molecule has 0 saturated carbocycles. The number of carbonyl (C=O) groups is 1. The van der Waals surface area contributed by atoms with Crippen LogP contribution in [0.5, 0.6) is 11.6 Å². The Kier molecular flexibility index (Phi) is 6.17. The maximum absolute atomic E-state index is 12.3. The Morgan fingerprint density at radius 2 is 2.15 bits per heavy atom. The van der Waals surface area contributed by atoms with E-state index in [4.69, 9.17) is 9.47 Å². The highest BCUT2D eigenvalue weighted by molar-refractivity contribution is 5.76.